The van der Waals surface area contributed by atoms with E-state index in [1.54, 1.807) is 6.20 Å². The number of thiazole rings is 1. The number of amides is 1. The van der Waals surface area contributed by atoms with E-state index in [0.717, 1.165) is 24.1 Å². The van der Waals surface area contributed by atoms with Crippen LogP contribution >= 0.6 is 11.3 Å². The maximum absolute atomic E-state index is 12.3. The molecule has 1 aliphatic rings. The molecule has 3 rings (SSSR count). The highest BCUT2D eigenvalue weighted by Gasteiger charge is 2.26. The van der Waals surface area contributed by atoms with Gasteiger partial charge >= 0.3 is 0 Å². The maximum Gasteiger partial charge on any atom is 0.271 e. The predicted octanol–water partition coefficient (Wildman–Crippen LogP) is 0.955. The first-order chi connectivity index (χ1) is 10.1. The standard InChI is InChI=1S/C14H17N3O3S/c1-8-7-17-13(20)10(6-16-14(17)21-8)12(19)15-5-9-3-2-4-11(9)18/h6-7,9,11,18H,2-5H2,1H3,(H,15,19). The van der Waals surface area contributed by atoms with E-state index < -0.39 is 5.91 Å². The lowest BCUT2D eigenvalue weighted by molar-refractivity contribution is 0.0915. The summed E-state index contributed by atoms with van der Waals surface area (Å²) in [5, 5.41) is 12.5. The molecular formula is C14H17N3O3S. The van der Waals surface area contributed by atoms with E-state index in [9.17, 15) is 14.7 Å². The van der Waals surface area contributed by atoms with Crippen LogP contribution in [0.15, 0.2) is 17.2 Å². The number of nitrogens with zero attached hydrogens (tertiary/aromatic N) is 2. The van der Waals surface area contributed by atoms with Crippen LogP contribution in [0.25, 0.3) is 4.96 Å². The molecule has 21 heavy (non-hydrogen) atoms. The molecule has 2 N–H and O–H groups in total. The van der Waals surface area contributed by atoms with Gasteiger partial charge in [0.15, 0.2) is 4.96 Å². The summed E-state index contributed by atoms with van der Waals surface area (Å²) in [7, 11) is 0. The fourth-order valence-corrected chi connectivity index (χ4v) is 3.51. The van der Waals surface area contributed by atoms with E-state index in [-0.39, 0.29) is 23.1 Å². The number of hydrogen-bond acceptors (Lipinski definition) is 5. The van der Waals surface area contributed by atoms with Crippen LogP contribution in [0.3, 0.4) is 0 Å². The molecule has 2 heterocycles. The third-order valence-electron chi connectivity index (χ3n) is 3.91. The number of fused-ring (bicyclic) bond motifs is 1. The molecule has 0 aliphatic heterocycles. The zero-order valence-electron chi connectivity index (χ0n) is 11.7. The molecule has 112 valence electrons. The third kappa shape index (κ3) is 2.71. The summed E-state index contributed by atoms with van der Waals surface area (Å²) in [5.74, 6) is -0.346. The van der Waals surface area contributed by atoms with Crippen molar-refractivity contribution in [3.05, 3.63) is 33.2 Å². The van der Waals surface area contributed by atoms with Gasteiger partial charge in [-0.1, -0.05) is 6.42 Å². The summed E-state index contributed by atoms with van der Waals surface area (Å²) >= 11 is 1.41. The molecule has 0 bridgehead atoms. The Labute approximate surface area is 125 Å². The summed E-state index contributed by atoms with van der Waals surface area (Å²) < 4.78 is 1.40. The van der Waals surface area contributed by atoms with Gasteiger partial charge in [-0.2, -0.15) is 0 Å². The lowest BCUT2D eigenvalue weighted by Gasteiger charge is -2.14. The molecule has 1 saturated carbocycles. The topological polar surface area (TPSA) is 83.7 Å². The Morgan fingerprint density at radius 1 is 1.57 bits per heavy atom. The van der Waals surface area contributed by atoms with Gasteiger partial charge < -0.3 is 10.4 Å². The summed E-state index contributed by atoms with van der Waals surface area (Å²) in [5.41, 5.74) is -0.313. The minimum absolute atomic E-state index is 0.0396. The monoisotopic (exact) mass is 307 g/mol. The molecular weight excluding hydrogens is 290 g/mol. The van der Waals surface area contributed by atoms with Crippen molar-refractivity contribution in [3.63, 3.8) is 0 Å². The average molecular weight is 307 g/mol. The van der Waals surface area contributed by atoms with E-state index in [4.69, 9.17) is 0 Å². The summed E-state index contributed by atoms with van der Waals surface area (Å²) in [4.78, 5) is 30.1. The molecule has 1 aliphatic carbocycles. The highest BCUT2D eigenvalue weighted by atomic mass is 32.1. The Kier molecular flexibility index (Phi) is 3.77. The fraction of sp³-hybridized carbons (Fsp3) is 0.500. The van der Waals surface area contributed by atoms with Gasteiger partial charge in [-0.05, 0) is 19.8 Å². The molecule has 0 saturated heterocycles. The maximum atomic E-state index is 12.3. The second kappa shape index (κ2) is 5.57. The van der Waals surface area contributed by atoms with Crippen molar-refractivity contribution >= 4 is 22.2 Å². The highest BCUT2D eigenvalue weighted by Crippen LogP contribution is 2.24. The molecule has 2 aromatic rings. The molecule has 2 unspecified atom stereocenters. The summed E-state index contributed by atoms with van der Waals surface area (Å²) in [6.45, 7) is 2.28. The number of rotatable bonds is 3. The van der Waals surface area contributed by atoms with Gasteiger partial charge in [0.1, 0.15) is 5.56 Å². The second-order valence-electron chi connectivity index (χ2n) is 5.44. The van der Waals surface area contributed by atoms with E-state index in [1.807, 2.05) is 6.92 Å². The quantitative estimate of drug-likeness (QED) is 0.884. The highest BCUT2D eigenvalue weighted by molar-refractivity contribution is 7.16. The van der Waals surface area contributed by atoms with Crippen LogP contribution in [0, 0.1) is 12.8 Å². The molecule has 0 radical (unpaired) electrons. The van der Waals surface area contributed by atoms with Crippen molar-refractivity contribution in [2.75, 3.05) is 6.54 Å². The van der Waals surface area contributed by atoms with Crippen molar-refractivity contribution in [3.8, 4) is 0 Å². The van der Waals surface area contributed by atoms with Crippen molar-refractivity contribution in [1.29, 1.82) is 0 Å². The number of nitrogens with one attached hydrogen (secondary N) is 1. The predicted molar refractivity (Wildman–Crippen MR) is 79.8 cm³/mol. The third-order valence-corrected chi connectivity index (χ3v) is 4.82. The van der Waals surface area contributed by atoms with Crippen molar-refractivity contribution < 1.29 is 9.90 Å². The minimum atomic E-state index is -0.426. The van der Waals surface area contributed by atoms with E-state index in [0.29, 0.717) is 11.5 Å². The van der Waals surface area contributed by atoms with Crippen LogP contribution < -0.4 is 10.9 Å². The van der Waals surface area contributed by atoms with Gasteiger partial charge in [-0.3, -0.25) is 14.0 Å². The molecule has 0 spiro atoms. The van der Waals surface area contributed by atoms with E-state index in [1.165, 1.54) is 21.9 Å². The largest absolute Gasteiger partial charge is 0.393 e. The molecule has 2 aromatic heterocycles. The van der Waals surface area contributed by atoms with Crippen molar-refractivity contribution in [1.82, 2.24) is 14.7 Å². The Balaban J connectivity index is 1.78. The molecule has 2 atom stereocenters. The lowest BCUT2D eigenvalue weighted by Crippen LogP contribution is -2.36. The zero-order chi connectivity index (χ0) is 15.0. The van der Waals surface area contributed by atoms with Gasteiger partial charge in [0.2, 0.25) is 0 Å². The Bertz CT molecular complexity index is 737. The van der Waals surface area contributed by atoms with Gasteiger partial charge in [-0.15, -0.1) is 11.3 Å². The fourth-order valence-electron chi connectivity index (χ4n) is 2.73. The smallest absolute Gasteiger partial charge is 0.271 e. The normalized spacial score (nSPS) is 21.8. The van der Waals surface area contributed by atoms with Crippen LogP contribution in [0.5, 0.6) is 0 Å². The van der Waals surface area contributed by atoms with E-state index >= 15 is 0 Å². The van der Waals surface area contributed by atoms with Crippen molar-refractivity contribution in [2.45, 2.75) is 32.3 Å². The SMILES string of the molecule is Cc1cn2c(=O)c(C(=O)NCC3CCCC3O)cnc2s1. The number of aliphatic hydroxyl groups excluding tert-OH is 1. The number of carbonyl (C=O) groups is 1. The Hall–Kier alpha value is -1.73. The first-order valence-corrected chi connectivity index (χ1v) is 7.82. The number of aromatic nitrogens is 2. The molecule has 1 fully saturated rings. The molecule has 1 amide bonds. The lowest BCUT2D eigenvalue weighted by atomic mass is 10.1. The average Bonchev–Trinajstić information content (AvgIpc) is 3.02. The van der Waals surface area contributed by atoms with Crippen LogP contribution in [0.1, 0.15) is 34.5 Å². The first-order valence-electron chi connectivity index (χ1n) is 7.00. The summed E-state index contributed by atoms with van der Waals surface area (Å²) in [6.07, 6.45) is 5.32. The second-order valence-corrected chi connectivity index (χ2v) is 6.65. The zero-order valence-corrected chi connectivity index (χ0v) is 12.5. The van der Waals surface area contributed by atoms with Gasteiger partial charge in [-0.25, -0.2) is 4.98 Å². The van der Waals surface area contributed by atoms with Crippen LogP contribution in [-0.2, 0) is 0 Å². The Morgan fingerprint density at radius 3 is 3.10 bits per heavy atom. The van der Waals surface area contributed by atoms with Gasteiger partial charge in [0.25, 0.3) is 11.5 Å². The number of hydrogen-bond donors (Lipinski definition) is 2. The van der Waals surface area contributed by atoms with E-state index in [2.05, 4.69) is 10.3 Å². The van der Waals surface area contributed by atoms with Crippen LogP contribution in [0.4, 0.5) is 0 Å². The van der Waals surface area contributed by atoms with Gasteiger partial charge in [0, 0.05) is 29.7 Å². The molecule has 0 aromatic carbocycles. The first kappa shape index (κ1) is 14.2. The molecule has 6 nitrogen and oxygen atoms in total. The van der Waals surface area contributed by atoms with Crippen LogP contribution in [-0.4, -0.2) is 33.0 Å². The Morgan fingerprint density at radius 2 is 2.38 bits per heavy atom. The van der Waals surface area contributed by atoms with Crippen LogP contribution in [0.2, 0.25) is 0 Å². The number of carbonyl (C=O) groups excluding carboxylic acids is 1. The number of aliphatic hydroxyl groups is 1. The van der Waals surface area contributed by atoms with Crippen molar-refractivity contribution in [2.24, 2.45) is 5.92 Å². The molecule has 7 heteroatoms. The number of aryl methyl sites for hydroxylation is 1. The minimum Gasteiger partial charge on any atom is -0.393 e. The van der Waals surface area contributed by atoms with Gasteiger partial charge in [0.05, 0.1) is 6.10 Å². The summed E-state index contributed by atoms with van der Waals surface area (Å²) in [6, 6.07) is 0.